The third kappa shape index (κ3) is 2.77. The highest BCUT2D eigenvalue weighted by Crippen LogP contribution is 2.35. The molecule has 0 radical (unpaired) electrons. The van der Waals surface area contributed by atoms with Crippen molar-refractivity contribution < 1.29 is 24.9 Å². The number of carbonyl (C=O) groups excluding carboxylic acids is 1. The van der Waals surface area contributed by atoms with Crippen molar-refractivity contribution in [3.63, 3.8) is 0 Å². The van der Waals surface area contributed by atoms with E-state index in [-0.39, 0.29) is 5.56 Å². The van der Waals surface area contributed by atoms with Gasteiger partial charge in [0.05, 0.1) is 5.56 Å². The second-order valence-electron chi connectivity index (χ2n) is 4.07. The van der Waals surface area contributed by atoms with Crippen LogP contribution in [-0.4, -0.2) is 21.3 Å². The summed E-state index contributed by atoms with van der Waals surface area (Å²) >= 11 is 0. The highest BCUT2D eigenvalue weighted by molar-refractivity contribution is 5.92. The van der Waals surface area contributed by atoms with E-state index in [1.807, 2.05) is 6.92 Å². The van der Waals surface area contributed by atoms with Crippen LogP contribution in [0.1, 0.15) is 15.9 Å². The summed E-state index contributed by atoms with van der Waals surface area (Å²) in [5, 5.41) is 27.8. The topological polar surface area (TPSA) is 87.0 Å². The summed E-state index contributed by atoms with van der Waals surface area (Å²) in [5.74, 6) is -2.24. The third-order valence-electron chi connectivity index (χ3n) is 2.54. The minimum Gasteiger partial charge on any atom is -0.504 e. The van der Waals surface area contributed by atoms with Crippen LogP contribution in [0.25, 0.3) is 0 Å². The van der Waals surface area contributed by atoms with Crippen molar-refractivity contribution >= 4 is 5.97 Å². The SMILES string of the molecule is Cc1ccc(OC(=O)c2cc(O)c(O)c(O)c2)cc1. The largest absolute Gasteiger partial charge is 0.504 e. The number of benzene rings is 2. The van der Waals surface area contributed by atoms with Gasteiger partial charge in [-0.1, -0.05) is 17.7 Å². The van der Waals surface area contributed by atoms with Crippen LogP contribution in [0.3, 0.4) is 0 Å². The number of rotatable bonds is 2. The van der Waals surface area contributed by atoms with Crippen LogP contribution in [0.15, 0.2) is 36.4 Å². The summed E-state index contributed by atoms with van der Waals surface area (Å²) in [4.78, 5) is 11.8. The minimum absolute atomic E-state index is 0.0617. The molecule has 0 aliphatic carbocycles. The normalized spacial score (nSPS) is 10.2. The summed E-state index contributed by atoms with van der Waals surface area (Å²) in [6, 6.07) is 8.88. The van der Waals surface area contributed by atoms with Crippen molar-refractivity contribution in [1.82, 2.24) is 0 Å². The van der Waals surface area contributed by atoms with Gasteiger partial charge < -0.3 is 20.1 Å². The van der Waals surface area contributed by atoms with Crippen LogP contribution in [-0.2, 0) is 0 Å². The Labute approximate surface area is 109 Å². The Morgan fingerprint density at radius 2 is 1.53 bits per heavy atom. The third-order valence-corrected chi connectivity index (χ3v) is 2.54. The summed E-state index contributed by atoms with van der Waals surface area (Å²) in [7, 11) is 0. The van der Waals surface area contributed by atoms with Crippen LogP contribution in [0.4, 0.5) is 0 Å². The smallest absolute Gasteiger partial charge is 0.343 e. The Bertz CT molecular complexity index is 593. The number of esters is 1. The zero-order chi connectivity index (χ0) is 14.0. The number of aromatic hydroxyl groups is 3. The summed E-state index contributed by atoms with van der Waals surface area (Å²) in [6.07, 6.45) is 0. The predicted molar refractivity (Wildman–Crippen MR) is 67.6 cm³/mol. The molecule has 0 saturated heterocycles. The monoisotopic (exact) mass is 260 g/mol. The maximum atomic E-state index is 11.8. The van der Waals surface area contributed by atoms with E-state index < -0.39 is 23.2 Å². The molecular weight excluding hydrogens is 248 g/mol. The fraction of sp³-hybridized carbons (Fsp3) is 0.0714. The molecule has 2 rings (SSSR count). The molecule has 0 atom stereocenters. The van der Waals surface area contributed by atoms with Gasteiger partial charge in [-0.3, -0.25) is 0 Å². The van der Waals surface area contributed by atoms with Gasteiger partial charge in [0.15, 0.2) is 17.2 Å². The van der Waals surface area contributed by atoms with E-state index in [9.17, 15) is 20.1 Å². The van der Waals surface area contributed by atoms with E-state index in [0.29, 0.717) is 5.75 Å². The number of ether oxygens (including phenoxy) is 1. The molecule has 0 unspecified atom stereocenters. The van der Waals surface area contributed by atoms with Crippen molar-refractivity contribution in [2.24, 2.45) is 0 Å². The van der Waals surface area contributed by atoms with Crippen molar-refractivity contribution in [1.29, 1.82) is 0 Å². The Balaban J connectivity index is 2.23. The summed E-state index contributed by atoms with van der Waals surface area (Å²) in [6.45, 7) is 1.90. The lowest BCUT2D eigenvalue weighted by atomic mass is 10.2. The fourth-order valence-corrected chi connectivity index (χ4v) is 1.49. The Kier molecular flexibility index (Phi) is 3.29. The van der Waals surface area contributed by atoms with Gasteiger partial charge >= 0.3 is 5.97 Å². The highest BCUT2D eigenvalue weighted by atomic mass is 16.5. The van der Waals surface area contributed by atoms with Crippen molar-refractivity contribution in [2.45, 2.75) is 6.92 Å². The van der Waals surface area contributed by atoms with Gasteiger partial charge in [0.2, 0.25) is 0 Å². The molecule has 0 fully saturated rings. The summed E-state index contributed by atoms with van der Waals surface area (Å²) in [5.41, 5.74) is 0.966. The molecule has 3 N–H and O–H groups in total. The molecule has 19 heavy (non-hydrogen) atoms. The number of hydrogen-bond donors (Lipinski definition) is 3. The fourth-order valence-electron chi connectivity index (χ4n) is 1.49. The highest BCUT2D eigenvalue weighted by Gasteiger charge is 2.15. The van der Waals surface area contributed by atoms with Gasteiger partial charge in [-0.05, 0) is 31.2 Å². The van der Waals surface area contributed by atoms with E-state index in [1.165, 1.54) is 0 Å². The van der Waals surface area contributed by atoms with Crippen LogP contribution < -0.4 is 4.74 Å². The maximum absolute atomic E-state index is 11.8. The molecule has 5 heteroatoms. The Morgan fingerprint density at radius 1 is 1.00 bits per heavy atom. The zero-order valence-corrected chi connectivity index (χ0v) is 10.1. The van der Waals surface area contributed by atoms with Gasteiger partial charge in [0.25, 0.3) is 0 Å². The Morgan fingerprint density at radius 3 is 2.05 bits per heavy atom. The first-order valence-corrected chi connectivity index (χ1v) is 5.51. The second kappa shape index (κ2) is 4.89. The number of phenolic OH excluding ortho intramolecular Hbond substituents is 3. The first-order chi connectivity index (χ1) is 8.97. The van der Waals surface area contributed by atoms with Crippen LogP contribution in [0.2, 0.25) is 0 Å². The minimum atomic E-state index is -0.741. The lowest BCUT2D eigenvalue weighted by Crippen LogP contribution is -2.08. The van der Waals surface area contributed by atoms with E-state index >= 15 is 0 Å². The molecule has 0 bridgehead atoms. The van der Waals surface area contributed by atoms with Crippen LogP contribution in [0.5, 0.6) is 23.0 Å². The molecule has 5 nitrogen and oxygen atoms in total. The molecular formula is C14H12O5. The molecule has 2 aromatic rings. The zero-order valence-electron chi connectivity index (χ0n) is 10.1. The lowest BCUT2D eigenvalue weighted by molar-refractivity contribution is 0.0733. The van der Waals surface area contributed by atoms with E-state index in [4.69, 9.17) is 4.74 Å². The van der Waals surface area contributed by atoms with E-state index in [0.717, 1.165) is 17.7 Å². The molecule has 0 saturated carbocycles. The van der Waals surface area contributed by atoms with Crippen LogP contribution >= 0.6 is 0 Å². The standard InChI is InChI=1S/C14H12O5/c1-8-2-4-10(5-3-8)19-14(18)9-6-11(15)13(17)12(16)7-9/h2-7,15-17H,1H3. The Hall–Kier alpha value is -2.69. The average Bonchev–Trinajstić information content (AvgIpc) is 2.38. The average molecular weight is 260 g/mol. The van der Waals surface area contributed by atoms with Gasteiger partial charge in [-0.15, -0.1) is 0 Å². The molecule has 0 aliphatic heterocycles. The lowest BCUT2D eigenvalue weighted by Gasteiger charge is -2.07. The number of carbonyl (C=O) groups is 1. The second-order valence-corrected chi connectivity index (χ2v) is 4.07. The molecule has 98 valence electrons. The molecule has 0 aromatic heterocycles. The van der Waals surface area contributed by atoms with E-state index in [1.54, 1.807) is 24.3 Å². The number of hydrogen-bond acceptors (Lipinski definition) is 5. The van der Waals surface area contributed by atoms with Gasteiger partial charge in [0.1, 0.15) is 5.75 Å². The molecule has 0 spiro atoms. The predicted octanol–water partition coefficient (Wildman–Crippen LogP) is 2.33. The number of phenols is 3. The quantitative estimate of drug-likeness (QED) is 0.438. The molecule has 2 aromatic carbocycles. The van der Waals surface area contributed by atoms with Crippen molar-refractivity contribution in [2.75, 3.05) is 0 Å². The molecule has 0 aliphatic rings. The maximum Gasteiger partial charge on any atom is 0.343 e. The van der Waals surface area contributed by atoms with E-state index in [2.05, 4.69) is 0 Å². The molecule has 0 heterocycles. The first kappa shape index (κ1) is 12.8. The van der Waals surface area contributed by atoms with Gasteiger partial charge in [0, 0.05) is 0 Å². The van der Waals surface area contributed by atoms with Crippen LogP contribution in [0, 0.1) is 6.92 Å². The first-order valence-electron chi connectivity index (χ1n) is 5.51. The van der Waals surface area contributed by atoms with Crippen molar-refractivity contribution in [3.05, 3.63) is 47.5 Å². The summed E-state index contributed by atoms with van der Waals surface area (Å²) < 4.78 is 5.06. The molecule has 0 amide bonds. The number of aryl methyl sites for hydroxylation is 1. The van der Waals surface area contributed by atoms with Crippen molar-refractivity contribution in [3.8, 4) is 23.0 Å². The van der Waals surface area contributed by atoms with Gasteiger partial charge in [-0.25, -0.2) is 4.79 Å². The van der Waals surface area contributed by atoms with Gasteiger partial charge in [-0.2, -0.15) is 0 Å².